The van der Waals surface area contributed by atoms with E-state index in [0.29, 0.717) is 19.3 Å². The van der Waals surface area contributed by atoms with Gasteiger partial charge in [-0.1, -0.05) is 24.8 Å². The summed E-state index contributed by atoms with van der Waals surface area (Å²) >= 11 is 0. The quantitative estimate of drug-likeness (QED) is 0.778. The van der Waals surface area contributed by atoms with Crippen molar-refractivity contribution in [1.82, 2.24) is 5.32 Å². The van der Waals surface area contributed by atoms with Crippen molar-refractivity contribution in [3.05, 3.63) is 36.4 Å². The van der Waals surface area contributed by atoms with Gasteiger partial charge >= 0.3 is 0 Å². The highest BCUT2D eigenvalue weighted by Crippen LogP contribution is 2.27. The second-order valence-corrected chi connectivity index (χ2v) is 4.98. The van der Waals surface area contributed by atoms with Crippen LogP contribution in [0.25, 0.3) is 5.57 Å². The van der Waals surface area contributed by atoms with E-state index in [4.69, 9.17) is 0 Å². The van der Waals surface area contributed by atoms with Crippen LogP contribution in [0.5, 0.6) is 0 Å². The molecule has 1 N–H and O–H groups in total. The highest BCUT2D eigenvalue weighted by atomic mass is 16.2. The van der Waals surface area contributed by atoms with E-state index in [1.807, 2.05) is 38.2 Å². The summed E-state index contributed by atoms with van der Waals surface area (Å²) < 4.78 is 0. The average Bonchev–Trinajstić information content (AvgIpc) is 2.44. The summed E-state index contributed by atoms with van der Waals surface area (Å²) in [6.45, 7) is 8.04. The van der Waals surface area contributed by atoms with Gasteiger partial charge in [0.1, 0.15) is 0 Å². The molecule has 0 aromatic heterocycles. The summed E-state index contributed by atoms with van der Waals surface area (Å²) in [6, 6.07) is 8.26. The van der Waals surface area contributed by atoms with E-state index in [0.717, 1.165) is 16.8 Å². The van der Waals surface area contributed by atoms with E-state index >= 15 is 0 Å². The Morgan fingerprint density at radius 2 is 2.10 bits per heavy atom. The first-order valence-corrected chi connectivity index (χ1v) is 6.68. The maximum absolute atomic E-state index is 11.3. The van der Waals surface area contributed by atoms with Crippen LogP contribution in [-0.4, -0.2) is 25.4 Å². The molecule has 0 bridgehead atoms. The second-order valence-electron chi connectivity index (χ2n) is 4.98. The summed E-state index contributed by atoms with van der Waals surface area (Å²) in [7, 11) is 2.00. The lowest BCUT2D eigenvalue weighted by Crippen LogP contribution is -2.31. The standard InChI is InChI=1S/C16H22N2O2/c1-12(2)14-7-5-6-8-15(14)18(4)13(3)9-10-16(20)17-11-19/h5-8,11,13H,1,9-10H2,2-4H3,(H,17,19,20). The average molecular weight is 274 g/mol. The predicted molar refractivity (Wildman–Crippen MR) is 82.5 cm³/mol. The Kier molecular flexibility index (Phi) is 5.97. The van der Waals surface area contributed by atoms with Crippen molar-refractivity contribution < 1.29 is 9.59 Å². The number of nitrogens with zero attached hydrogens (tertiary/aromatic N) is 1. The van der Waals surface area contributed by atoms with E-state index in [1.165, 1.54) is 0 Å². The van der Waals surface area contributed by atoms with E-state index in [2.05, 4.69) is 23.7 Å². The SMILES string of the molecule is C=C(C)c1ccccc1N(C)C(C)CCC(=O)NC=O. The summed E-state index contributed by atoms with van der Waals surface area (Å²) in [5.41, 5.74) is 3.22. The van der Waals surface area contributed by atoms with E-state index in [-0.39, 0.29) is 11.9 Å². The fraction of sp³-hybridized carbons (Fsp3) is 0.375. The van der Waals surface area contributed by atoms with Gasteiger partial charge in [0.25, 0.3) is 0 Å². The van der Waals surface area contributed by atoms with Crippen LogP contribution in [0.3, 0.4) is 0 Å². The Balaban J connectivity index is 2.74. The fourth-order valence-corrected chi connectivity index (χ4v) is 2.05. The topological polar surface area (TPSA) is 49.4 Å². The number of para-hydroxylation sites is 1. The lowest BCUT2D eigenvalue weighted by atomic mass is 10.0. The fourth-order valence-electron chi connectivity index (χ4n) is 2.05. The van der Waals surface area contributed by atoms with E-state index < -0.39 is 0 Å². The van der Waals surface area contributed by atoms with Crippen molar-refractivity contribution in [3.63, 3.8) is 0 Å². The molecule has 20 heavy (non-hydrogen) atoms. The molecule has 0 aliphatic rings. The Hall–Kier alpha value is -2.10. The van der Waals surface area contributed by atoms with Gasteiger partial charge in [-0.2, -0.15) is 0 Å². The molecule has 0 aliphatic carbocycles. The molecule has 4 nitrogen and oxygen atoms in total. The van der Waals surface area contributed by atoms with Crippen LogP contribution in [0.15, 0.2) is 30.8 Å². The van der Waals surface area contributed by atoms with Crippen LogP contribution in [0.4, 0.5) is 5.69 Å². The molecule has 0 aliphatic heterocycles. The van der Waals surface area contributed by atoms with Crippen LogP contribution in [0, 0.1) is 0 Å². The zero-order chi connectivity index (χ0) is 15.1. The molecular weight excluding hydrogens is 252 g/mol. The van der Waals surface area contributed by atoms with Gasteiger partial charge < -0.3 is 4.90 Å². The van der Waals surface area contributed by atoms with Crippen molar-refractivity contribution in [2.75, 3.05) is 11.9 Å². The molecule has 1 aromatic rings. The van der Waals surface area contributed by atoms with Gasteiger partial charge in [0, 0.05) is 30.8 Å². The van der Waals surface area contributed by atoms with Gasteiger partial charge in [-0.05, 0) is 31.9 Å². The summed E-state index contributed by atoms with van der Waals surface area (Å²) in [4.78, 5) is 23.6. The normalized spacial score (nSPS) is 11.6. The Morgan fingerprint density at radius 1 is 1.45 bits per heavy atom. The first-order valence-electron chi connectivity index (χ1n) is 6.68. The Labute approximate surface area is 120 Å². The van der Waals surface area contributed by atoms with Gasteiger partial charge in [0.15, 0.2) is 0 Å². The number of hydrogen-bond donors (Lipinski definition) is 1. The minimum atomic E-state index is -0.242. The highest BCUT2D eigenvalue weighted by Gasteiger charge is 2.14. The molecule has 0 saturated carbocycles. The molecular formula is C16H22N2O2. The molecule has 0 fully saturated rings. The highest BCUT2D eigenvalue weighted by molar-refractivity contribution is 5.85. The van der Waals surface area contributed by atoms with Crippen molar-refractivity contribution in [1.29, 1.82) is 0 Å². The molecule has 0 spiro atoms. The smallest absolute Gasteiger partial charge is 0.226 e. The number of imide groups is 1. The largest absolute Gasteiger partial charge is 0.371 e. The Morgan fingerprint density at radius 3 is 2.70 bits per heavy atom. The van der Waals surface area contributed by atoms with Crippen molar-refractivity contribution in [3.8, 4) is 0 Å². The molecule has 108 valence electrons. The zero-order valence-corrected chi connectivity index (χ0v) is 12.3. The molecule has 1 aromatic carbocycles. The monoisotopic (exact) mass is 274 g/mol. The summed E-state index contributed by atoms with van der Waals surface area (Å²) in [5.74, 6) is -0.242. The molecule has 1 unspecified atom stereocenters. The molecule has 4 heteroatoms. The number of rotatable bonds is 7. The maximum Gasteiger partial charge on any atom is 0.226 e. The number of anilines is 1. The first-order chi connectivity index (χ1) is 9.47. The molecule has 2 amide bonds. The lowest BCUT2D eigenvalue weighted by Gasteiger charge is -2.29. The molecule has 0 radical (unpaired) electrons. The van der Waals surface area contributed by atoms with Gasteiger partial charge in [-0.3, -0.25) is 14.9 Å². The first kappa shape index (κ1) is 16.0. The van der Waals surface area contributed by atoms with Crippen LogP contribution in [0.2, 0.25) is 0 Å². The minimum Gasteiger partial charge on any atom is -0.371 e. The van der Waals surface area contributed by atoms with Gasteiger partial charge in [-0.15, -0.1) is 0 Å². The third-order valence-corrected chi connectivity index (χ3v) is 3.41. The third kappa shape index (κ3) is 4.23. The van der Waals surface area contributed by atoms with Gasteiger partial charge in [0.2, 0.25) is 12.3 Å². The maximum atomic E-state index is 11.3. The van der Waals surface area contributed by atoms with E-state index in [1.54, 1.807) is 0 Å². The molecule has 0 saturated heterocycles. The van der Waals surface area contributed by atoms with Crippen LogP contribution in [0.1, 0.15) is 32.3 Å². The molecule has 1 rings (SSSR count). The molecule has 1 atom stereocenters. The summed E-state index contributed by atoms with van der Waals surface area (Å²) in [5, 5.41) is 2.16. The summed E-state index contributed by atoms with van der Waals surface area (Å²) in [6.07, 6.45) is 1.44. The number of carbonyl (C=O) groups is 2. The minimum absolute atomic E-state index is 0.188. The van der Waals surface area contributed by atoms with Crippen LogP contribution >= 0.6 is 0 Å². The number of benzene rings is 1. The van der Waals surface area contributed by atoms with E-state index in [9.17, 15) is 9.59 Å². The predicted octanol–water partition coefficient (Wildman–Crippen LogP) is 2.60. The third-order valence-electron chi connectivity index (χ3n) is 3.41. The Bertz CT molecular complexity index is 497. The molecule has 0 heterocycles. The number of amides is 2. The number of nitrogens with one attached hydrogen (secondary N) is 1. The van der Waals surface area contributed by atoms with Crippen molar-refractivity contribution >= 4 is 23.6 Å². The lowest BCUT2D eigenvalue weighted by molar-refractivity contribution is -0.125. The van der Waals surface area contributed by atoms with Gasteiger partial charge in [0.05, 0.1) is 0 Å². The number of hydrogen-bond acceptors (Lipinski definition) is 3. The van der Waals surface area contributed by atoms with Crippen LogP contribution in [-0.2, 0) is 9.59 Å². The van der Waals surface area contributed by atoms with Crippen molar-refractivity contribution in [2.24, 2.45) is 0 Å². The zero-order valence-electron chi connectivity index (χ0n) is 12.3. The van der Waals surface area contributed by atoms with Crippen molar-refractivity contribution in [2.45, 2.75) is 32.7 Å². The second kappa shape index (κ2) is 7.48. The van der Waals surface area contributed by atoms with Crippen LogP contribution < -0.4 is 10.2 Å². The number of carbonyl (C=O) groups excluding carboxylic acids is 2. The van der Waals surface area contributed by atoms with Gasteiger partial charge in [-0.25, -0.2) is 0 Å². The number of allylic oxidation sites excluding steroid dienone is 1.